The van der Waals surface area contributed by atoms with Gasteiger partial charge in [0, 0.05) is 5.56 Å². The Balaban J connectivity index is 3.44. The zero-order chi connectivity index (χ0) is 13.2. The van der Waals surface area contributed by atoms with E-state index in [1.165, 1.54) is 7.11 Å². The first-order chi connectivity index (χ1) is 7.84. The van der Waals surface area contributed by atoms with E-state index < -0.39 is 5.41 Å². The molecule has 94 valence electrons. The van der Waals surface area contributed by atoms with Crippen LogP contribution in [-0.2, 0) is 14.9 Å². The molecule has 0 atom stereocenters. The summed E-state index contributed by atoms with van der Waals surface area (Å²) in [7, 11) is 3.02. The lowest BCUT2D eigenvalue weighted by atomic mass is 9.81. The predicted molar refractivity (Wildman–Crippen MR) is 67.5 cm³/mol. The monoisotopic (exact) mass is 236 g/mol. The standard InChI is InChI=1S/C14H20O3/c1-9-7-10(2)12(11(8-9)16-5)14(3,4)13(15)17-6/h7-8H,1-6H3. The van der Waals surface area contributed by atoms with Crippen molar-refractivity contribution in [1.29, 1.82) is 0 Å². The van der Waals surface area contributed by atoms with Crippen molar-refractivity contribution in [3.63, 3.8) is 0 Å². The van der Waals surface area contributed by atoms with Crippen molar-refractivity contribution in [2.75, 3.05) is 14.2 Å². The van der Waals surface area contributed by atoms with Crippen LogP contribution in [0.1, 0.15) is 30.5 Å². The molecule has 0 saturated carbocycles. The molecule has 0 N–H and O–H groups in total. The normalized spacial score (nSPS) is 11.2. The zero-order valence-corrected chi connectivity index (χ0v) is 11.4. The van der Waals surface area contributed by atoms with Crippen LogP contribution in [0.5, 0.6) is 5.75 Å². The molecule has 0 aliphatic heterocycles. The molecule has 0 aromatic heterocycles. The van der Waals surface area contributed by atoms with Gasteiger partial charge in [-0.2, -0.15) is 0 Å². The van der Waals surface area contributed by atoms with Crippen molar-refractivity contribution in [3.8, 4) is 5.75 Å². The highest BCUT2D eigenvalue weighted by Gasteiger charge is 2.35. The Morgan fingerprint density at radius 3 is 2.24 bits per heavy atom. The van der Waals surface area contributed by atoms with Crippen LogP contribution in [0.25, 0.3) is 0 Å². The van der Waals surface area contributed by atoms with Crippen molar-refractivity contribution < 1.29 is 14.3 Å². The van der Waals surface area contributed by atoms with Crippen molar-refractivity contribution in [2.24, 2.45) is 0 Å². The van der Waals surface area contributed by atoms with Gasteiger partial charge in [-0.3, -0.25) is 4.79 Å². The minimum atomic E-state index is -0.710. The van der Waals surface area contributed by atoms with Crippen LogP contribution in [0, 0.1) is 13.8 Å². The quantitative estimate of drug-likeness (QED) is 0.757. The van der Waals surface area contributed by atoms with Gasteiger partial charge in [0.15, 0.2) is 0 Å². The molecular weight excluding hydrogens is 216 g/mol. The molecule has 0 aliphatic carbocycles. The van der Waals surface area contributed by atoms with Crippen LogP contribution >= 0.6 is 0 Å². The van der Waals surface area contributed by atoms with E-state index in [1.54, 1.807) is 7.11 Å². The summed E-state index contributed by atoms with van der Waals surface area (Å²) in [5.41, 5.74) is 2.33. The van der Waals surface area contributed by atoms with Gasteiger partial charge in [-0.15, -0.1) is 0 Å². The van der Waals surface area contributed by atoms with Gasteiger partial charge in [-0.25, -0.2) is 0 Å². The van der Waals surface area contributed by atoms with E-state index in [1.807, 2.05) is 39.8 Å². The smallest absolute Gasteiger partial charge is 0.315 e. The van der Waals surface area contributed by atoms with Gasteiger partial charge in [0.2, 0.25) is 0 Å². The van der Waals surface area contributed by atoms with Gasteiger partial charge < -0.3 is 9.47 Å². The lowest BCUT2D eigenvalue weighted by Crippen LogP contribution is -2.31. The van der Waals surface area contributed by atoms with E-state index in [-0.39, 0.29) is 5.97 Å². The fraction of sp³-hybridized carbons (Fsp3) is 0.500. The Hall–Kier alpha value is -1.51. The molecule has 0 aliphatic rings. The average molecular weight is 236 g/mol. The maximum atomic E-state index is 11.9. The number of aryl methyl sites for hydroxylation is 2. The number of ether oxygens (including phenoxy) is 2. The first-order valence-electron chi connectivity index (χ1n) is 5.58. The molecule has 0 radical (unpaired) electrons. The number of hydrogen-bond acceptors (Lipinski definition) is 3. The molecule has 0 heterocycles. The largest absolute Gasteiger partial charge is 0.496 e. The highest BCUT2D eigenvalue weighted by molar-refractivity contribution is 5.83. The van der Waals surface area contributed by atoms with Crippen LogP contribution in [0.15, 0.2) is 12.1 Å². The highest BCUT2D eigenvalue weighted by atomic mass is 16.5. The molecule has 0 unspecified atom stereocenters. The summed E-state index contributed by atoms with van der Waals surface area (Å²) in [6.07, 6.45) is 0. The van der Waals surface area contributed by atoms with Crippen LogP contribution in [0.3, 0.4) is 0 Å². The molecule has 1 aromatic rings. The number of hydrogen-bond donors (Lipinski definition) is 0. The van der Waals surface area contributed by atoms with E-state index in [4.69, 9.17) is 9.47 Å². The third-order valence-electron chi connectivity index (χ3n) is 2.98. The molecule has 3 nitrogen and oxygen atoms in total. The molecular formula is C14H20O3. The van der Waals surface area contributed by atoms with Crippen molar-refractivity contribution in [3.05, 3.63) is 28.8 Å². The van der Waals surface area contributed by atoms with E-state index in [0.717, 1.165) is 22.4 Å². The Morgan fingerprint density at radius 1 is 1.18 bits per heavy atom. The number of carbonyl (C=O) groups is 1. The van der Waals surface area contributed by atoms with Gasteiger partial charge in [-0.1, -0.05) is 6.07 Å². The maximum absolute atomic E-state index is 11.9. The van der Waals surface area contributed by atoms with Gasteiger partial charge in [0.1, 0.15) is 5.75 Å². The van der Waals surface area contributed by atoms with Crippen molar-refractivity contribution >= 4 is 5.97 Å². The van der Waals surface area contributed by atoms with Crippen molar-refractivity contribution in [2.45, 2.75) is 33.1 Å². The number of rotatable bonds is 3. The van der Waals surface area contributed by atoms with E-state index in [9.17, 15) is 4.79 Å². The fourth-order valence-corrected chi connectivity index (χ4v) is 2.25. The molecule has 0 bridgehead atoms. The average Bonchev–Trinajstić information content (AvgIpc) is 2.25. The summed E-state index contributed by atoms with van der Waals surface area (Å²) in [5.74, 6) is 0.473. The predicted octanol–water partition coefficient (Wildman–Crippen LogP) is 2.76. The fourth-order valence-electron chi connectivity index (χ4n) is 2.25. The second kappa shape index (κ2) is 4.78. The van der Waals surface area contributed by atoms with Gasteiger partial charge in [0.25, 0.3) is 0 Å². The van der Waals surface area contributed by atoms with Crippen molar-refractivity contribution in [1.82, 2.24) is 0 Å². The van der Waals surface area contributed by atoms with E-state index in [0.29, 0.717) is 0 Å². The Kier molecular flexibility index (Phi) is 3.81. The number of methoxy groups -OCH3 is 2. The lowest BCUT2D eigenvalue weighted by molar-refractivity contribution is -0.146. The first-order valence-corrected chi connectivity index (χ1v) is 5.58. The molecule has 1 aromatic carbocycles. The number of esters is 1. The molecule has 0 saturated heterocycles. The highest BCUT2D eigenvalue weighted by Crippen LogP contribution is 2.36. The van der Waals surface area contributed by atoms with Crippen LogP contribution in [-0.4, -0.2) is 20.2 Å². The lowest BCUT2D eigenvalue weighted by Gasteiger charge is -2.26. The summed E-state index contributed by atoms with van der Waals surface area (Å²) < 4.78 is 10.2. The third kappa shape index (κ3) is 2.43. The maximum Gasteiger partial charge on any atom is 0.315 e. The third-order valence-corrected chi connectivity index (χ3v) is 2.98. The summed E-state index contributed by atoms with van der Waals surface area (Å²) in [6, 6.07) is 3.98. The summed E-state index contributed by atoms with van der Waals surface area (Å²) >= 11 is 0. The minimum absolute atomic E-state index is 0.261. The van der Waals surface area contributed by atoms with Crippen LogP contribution in [0.2, 0.25) is 0 Å². The minimum Gasteiger partial charge on any atom is -0.496 e. The van der Waals surface area contributed by atoms with Crippen LogP contribution in [0.4, 0.5) is 0 Å². The summed E-state index contributed by atoms with van der Waals surface area (Å²) in [6.45, 7) is 7.68. The molecule has 17 heavy (non-hydrogen) atoms. The zero-order valence-electron chi connectivity index (χ0n) is 11.4. The molecule has 0 spiro atoms. The molecule has 1 rings (SSSR count). The summed E-state index contributed by atoms with van der Waals surface area (Å²) in [5, 5.41) is 0. The van der Waals surface area contributed by atoms with Gasteiger partial charge in [-0.05, 0) is 44.9 Å². The van der Waals surface area contributed by atoms with Gasteiger partial charge in [0.05, 0.1) is 19.6 Å². The van der Waals surface area contributed by atoms with E-state index >= 15 is 0 Å². The second-order valence-electron chi connectivity index (χ2n) is 4.78. The molecule has 0 amide bonds. The van der Waals surface area contributed by atoms with Gasteiger partial charge >= 0.3 is 5.97 Å². The molecule has 3 heteroatoms. The Morgan fingerprint density at radius 2 is 1.76 bits per heavy atom. The Bertz CT molecular complexity index is 433. The SMILES string of the molecule is COC(=O)C(C)(C)c1c(C)cc(C)cc1OC. The van der Waals surface area contributed by atoms with Crippen LogP contribution < -0.4 is 4.74 Å². The second-order valence-corrected chi connectivity index (χ2v) is 4.78. The Labute approximate surface area is 103 Å². The topological polar surface area (TPSA) is 35.5 Å². The number of carbonyl (C=O) groups excluding carboxylic acids is 1. The summed E-state index contributed by atoms with van der Waals surface area (Å²) in [4.78, 5) is 11.9. The number of benzene rings is 1. The first kappa shape index (κ1) is 13.6. The molecule has 0 fully saturated rings. The van der Waals surface area contributed by atoms with E-state index in [2.05, 4.69) is 0 Å².